The lowest BCUT2D eigenvalue weighted by Gasteiger charge is -2.18. The Bertz CT molecular complexity index is 1020. The minimum atomic E-state index is -0.763. The van der Waals surface area contributed by atoms with Crippen LogP contribution in [0.15, 0.2) is 0 Å². The van der Waals surface area contributed by atoms with E-state index in [1.54, 1.807) is 0 Å². The Balaban J connectivity index is 4.30. The van der Waals surface area contributed by atoms with Crippen LogP contribution in [-0.4, -0.2) is 37.2 Å². The number of carbonyl (C=O) groups is 3. The largest absolute Gasteiger partial charge is 0.462 e. The van der Waals surface area contributed by atoms with Crippen LogP contribution in [-0.2, 0) is 28.6 Å². The standard InChI is InChI=1S/C61H118O6/c1-6-7-8-9-10-11-12-13-14-15-21-26-31-36-41-46-51-59(62)65-54-58(55-66-60(63)52-47-42-37-32-27-23-18-20-25-30-35-40-45-50-57(4)5)67-61(64)53-48-43-38-33-28-22-17-16-19-24-29-34-39-44-49-56(2)3/h56-58H,6-55H2,1-5H3/t58-/m0/s1. The molecule has 0 aromatic carbocycles. The van der Waals surface area contributed by atoms with Gasteiger partial charge in [-0.1, -0.05) is 304 Å². The Labute approximate surface area is 418 Å². The average Bonchev–Trinajstić information content (AvgIpc) is 3.30. The van der Waals surface area contributed by atoms with E-state index in [-0.39, 0.29) is 31.1 Å². The molecule has 1 atom stereocenters. The summed E-state index contributed by atoms with van der Waals surface area (Å²) in [4.78, 5) is 38.2. The summed E-state index contributed by atoms with van der Waals surface area (Å²) in [7, 11) is 0. The van der Waals surface area contributed by atoms with Crippen LogP contribution in [0.25, 0.3) is 0 Å². The second kappa shape index (κ2) is 53.8. The van der Waals surface area contributed by atoms with Gasteiger partial charge in [-0.05, 0) is 31.1 Å². The van der Waals surface area contributed by atoms with Gasteiger partial charge in [0.05, 0.1) is 0 Å². The number of hydrogen-bond acceptors (Lipinski definition) is 6. The molecule has 6 nitrogen and oxygen atoms in total. The van der Waals surface area contributed by atoms with Crippen LogP contribution in [0.5, 0.6) is 0 Å². The first-order valence-electron chi connectivity index (χ1n) is 30.2. The number of hydrogen-bond donors (Lipinski definition) is 0. The van der Waals surface area contributed by atoms with Crippen molar-refractivity contribution in [2.75, 3.05) is 13.2 Å². The van der Waals surface area contributed by atoms with Crippen LogP contribution in [0.3, 0.4) is 0 Å². The molecule has 0 radical (unpaired) electrons. The lowest BCUT2D eigenvalue weighted by molar-refractivity contribution is -0.167. The summed E-state index contributed by atoms with van der Waals surface area (Å²) in [6.07, 6.45) is 58.1. The van der Waals surface area contributed by atoms with Gasteiger partial charge in [-0.15, -0.1) is 0 Å². The summed E-state index contributed by atoms with van der Waals surface area (Å²) in [6.45, 7) is 11.4. The van der Waals surface area contributed by atoms with Gasteiger partial charge in [0.2, 0.25) is 0 Å². The molecule has 0 saturated heterocycles. The van der Waals surface area contributed by atoms with E-state index in [9.17, 15) is 14.4 Å². The van der Waals surface area contributed by atoms with Crippen molar-refractivity contribution < 1.29 is 28.6 Å². The topological polar surface area (TPSA) is 78.9 Å². The highest BCUT2D eigenvalue weighted by atomic mass is 16.6. The fraction of sp³-hybridized carbons (Fsp3) is 0.951. The van der Waals surface area contributed by atoms with Crippen LogP contribution in [0.4, 0.5) is 0 Å². The number of unbranched alkanes of at least 4 members (excludes halogenated alkanes) is 40. The minimum Gasteiger partial charge on any atom is -0.462 e. The van der Waals surface area contributed by atoms with Gasteiger partial charge in [-0.25, -0.2) is 0 Å². The maximum Gasteiger partial charge on any atom is 0.306 e. The van der Waals surface area contributed by atoms with Crippen LogP contribution < -0.4 is 0 Å². The van der Waals surface area contributed by atoms with Gasteiger partial charge < -0.3 is 14.2 Å². The Morgan fingerprint density at radius 2 is 0.493 bits per heavy atom. The van der Waals surface area contributed by atoms with Crippen molar-refractivity contribution in [1.82, 2.24) is 0 Å². The van der Waals surface area contributed by atoms with E-state index in [2.05, 4.69) is 34.6 Å². The molecule has 0 spiro atoms. The predicted octanol–water partition coefficient (Wildman–Crippen LogP) is 20.0. The highest BCUT2D eigenvalue weighted by molar-refractivity contribution is 5.71. The van der Waals surface area contributed by atoms with Gasteiger partial charge in [0.15, 0.2) is 6.10 Å². The summed E-state index contributed by atoms with van der Waals surface area (Å²) in [5, 5.41) is 0. The molecule has 0 fully saturated rings. The number of esters is 3. The number of rotatable bonds is 55. The first-order chi connectivity index (χ1) is 32.7. The quantitative estimate of drug-likeness (QED) is 0.0343. The minimum absolute atomic E-state index is 0.0622. The van der Waals surface area contributed by atoms with Crippen molar-refractivity contribution in [1.29, 1.82) is 0 Å². The normalized spacial score (nSPS) is 12.0. The molecule has 0 saturated carbocycles. The lowest BCUT2D eigenvalue weighted by atomic mass is 10.0. The van der Waals surface area contributed by atoms with Crippen molar-refractivity contribution >= 4 is 17.9 Å². The van der Waals surface area contributed by atoms with E-state index >= 15 is 0 Å². The smallest absolute Gasteiger partial charge is 0.306 e. The molecule has 0 aromatic heterocycles. The molecule has 0 N–H and O–H groups in total. The van der Waals surface area contributed by atoms with Gasteiger partial charge in [-0.2, -0.15) is 0 Å². The molecule has 0 aromatic rings. The maximum absolute atomic E-state index is 12.9. The summed E-state index contributed by atoms with van der Waals surface area (Å²) >= 11 is 0. The SMILES string of the molecule is CCCCCCCCCCCCCCCCCCC(=O)OC[C@@H](COC(=O)CCCCCCCCCCCCCCCC(C)C)OC(=O)CCCCCCCCCCCCCCCCC(C)C. The summed E-state index contributed by atoms with van der Waals surface area (Å²) in [5.74, 6) is 0.848. The predicted molar refractivity (Wildman–Crippen MR) is 289 cm³/mol. The highest BCUT2D eigenvalue weighted by Crippen LogP contribution is 2.18. The molecule has 0 bridgehead atoms. The van der Waals surface area contributed by atoms with Gasteiger partial charge in [-0.3, -0.25) is 14.4 Å². The third-order valence-corrected chi connectivity index (χ3v) is 14.0. The molecule has 0 aliphatic rings. The Morgan fingerprint density at radius 1 is 0.284 bits per heavy atom. The molecule has 0 unspecified atom stereocenters. The summed E-state index contributed by atoms with van der Waals surface area (Å²) in [5.41, 5.74) is 0. The second-order valence-corrected chi connectivity index (χ2v) is 21.9. The zero-order valence-electron chi connectivity index (χ0n) is 46.0. The highest BCUT2D eigenvalue weighted by Gasteiger charge is 2.19. The molecule has 0 amide bonds. The van der Waals surface area contributed by atoms with Crippen LogP contribution in [0.1, 0.15) is 343 Å². The molecule has 0 aliphatic carbocycles. The van der Waals surface area contributed by atoms with Crippen molar-refractivity contribution in [2.45, 2.75) is 349 Å². The van der Waals surface area contributed by atoms with Crippen molar-refractivity contribution in [3.8, 4) is 0 Å². The van der Waals surface area contributed by atoms with Crippen LogP contribution in [0.2, 0.25) is 0 Å². The van der Waals surface area contributed by atoms with Crippen molar-refractivity contribution in [3.05, 3.63) is 0 Å². The number of ether oxygens (including phenoxy) is 3. The van der Waals surface area contributed by atoms with E-state index in [1.807, 2.05) is 0 Å². The van der Waals surface area contributed by atoms with Gasteiger partial charge in [0, 0.05) is 19.3 Å². The van der Waals surface area contributed by atoms with Gasteiger partial charge in [0.1, 0.15) is 13.2 Å². The van der Waals surface area contributed by atoms with E-state index < -0.39 is 6.10 Å². The molecule has 0 rings (SSSR count). The Morgan fingerprint density at radius 3 is 0.731 bits per heavy atom. The van der Waals surface area contributed by atoms with Gasteiger partial charge in [0.25, 0.3) is 0 Å². The molecule has 67 heavy (non-hydrogen) atoms. The van der Waals surface area contributed by atoms with Crippen molar-refractivity contribution in [3.63, 3.8) is 0 Å². The fourth-order valence-corrected chi connectivity index (χ4v) is 9.40. The molecular formula is C61H118O6. The zero-order valence-corrected chi connectivity index (χ0v) is 46.0. The molecule has 0 heterocycles. The molecule has 6 heteroatoms. The monoisotopic (exact) mass is 947 g/mol. The summed E-state index contributed by atoms with van der Waals surface area (Å²) in [6, 6.07) is 0. The van der Waals surface area contributed by atoms with Crippen LogP contribution in [0, 0.1) is 11.8 Å². The van der Waals surface area contributed by atoms with Crippen molar-refractivity contribution in [2.24, 2.45) is 11.8 Å². The third kappa shape index (κ3) is 55.2. The average molecular weight is 948 g/mol. The lowest BCUT2D eigenvalue weighted by Crippen LogP contribution is -2.30. The fourth-order valence-electron chi connectivity index (χ4n) is 9.40. The Kier molecular flexibility index (Phi) is 52.5. The zero-order chi connectivity index (χ0) is 48.9. The third-order valence-electron chi connectivity index (χ3n) is 14.0. The first kappa shape index (κ1) is 65.4. The maximum atomic E-state index is 12.9. The number of carbonyl (C=O) groups excluding carboxylic acids is 3. The molecule has 0 aliphatic heterocycles. The van der Waals surface area contributed by atoms with Crippen LogP contribution >= 0.6 is 0 Å². The second-order valence-electron chi connectivity index (χ2n) is 21.9. The Hall–Kier alpha value is -1.59. The van der Waals surface area contributed by atoms with E-state index in [0.717, 1.165) is 69.6 Å². The molecular weight excluding hydrogens is 829 g/mol. The van der Waals surface area contributed by atoms with E-state index in [0.29, 0.717) is 19.3 Å². The molecule has 398 valence electrons. The van der Waals surface area contributed by atoms with Gasteiger partial charge >= 0.3 is 17.9 Å². The van der Waals surface area contributed by atoms with E-state index in [4.69, 9.17) is 14.2 Å². The van der Waals surface area contributed by atoms with E-state index in [1.165, 1.54) is 231 Å². The first-order valence-corrected chi connectivity index (χ1v) is 30.2. The summed E-state index contributed by atoms with van der Waals surface area (Å²) < 4.78 is 16.9.